The van der Waals surface area contributed by atoms with Crippen molar-refractivity contribution in [2.75, 3.05) is 5.73 Å². The Morgan fingerprint density at radius 2 is 2.10 bits per heavy atom. The molecule has 1 aromatic heterocycles. The molecule has 7 nitrogen and oxygen atoms in total. The molecular weight excluding hydrogens is 297 g/mol. The van der Waals surface area contributed by atoms with Gasteiger partial charge in [-0.2, -0.15) is 0 Å². The first-order valence-electron chi connectivity index (χ1n) is 6.14. The smallest absolute Gasteiger partial charge is 0.244 e. The lowest BCUT2D eigenvalue weighted by molar-refractivity contribution is 0.535. The molecule has 0 saturated heterocycles. The number of halogens is 1. The molecule has 0 spiro atoms. The van der Waals surface area contributed by atoms with Crippen molar-refractivity contribution >= 4 is 15.7 Å². The van der Waals surface area contributed by atoms with Crippen LogP contribution >= 0.6 is 0 Å². The average molecular weight is 313 g/mol. The van der Waals surface area contributed by atoms with Gasteiger partial charge in [0.05, 0.1) is 6.04 Å². The first-order valence-corrected chi connectivity index (χ1v) is 7.62. The van der Waals surface area contributed by atoms with Crippen LogP contribution in [0.15, 0.2) is 23.4 Å². The summed E-state index contributed by atoms with van der Waals surface area (Å²) in [5.41, 5.74) is 5.94. The molecule has 1 aromatic carbocycles. The SMILES string of the molecule is Cc1cc(N)cc(S(=O)(=O)NC(C)c2nncn2C)c1F. The van der Waals surface area contributed by atoms with Gasteiger partial charge in [-0.1, -0.05) is 0 Å². The Balaban J connectivity index is 2.38. The van der Waals surface area contributed by atoms with Crippen LogP contribution in [0.5, 0.6) is 0 Å². The number of aromatic nitrogens is 3. The van der Waals surface area contributed by atoms with E-state index in [4.69, 9.17) is 5.73 Å². The molecule has 2 rings (SSSR count). The van der Waals surface area contributed by atoms with Crippen LogP contribution in [0.4, 0.5) is 10.1 Å². The van der Waals surface area contributed by atoms with Crippen LogP contribution < -0.4 is 10.5 Å². The van der Waals surface area contributed by atoms with E-state index in [-0.39, 0.29) is 11.3 Å². The van der Waals surface area contributed by atoms with E-state index in [1.165, 1.54) is 19.3 Å². The second kappa shape index (κ2) is 5.41. The third-order valence-corrected chi connectivity index (χ3v) is 4.54. The molecule has 0 aliphatic rings. The zero-order chi connectivity index (χ0) is 15.8. The molecule has 0 aliphatic heterocycles. The molecule has 3 N–H and O–H groups in total. The summed E-state index contributed by atoms with van der Waals surface area (Å²) >= 11 is 0. The van der Waals surface area contributed by atoms with Crippen molar-refractivity contribution in [1.82, 2.24) is 19.5 Å². The van der Waals surface area contributed by atoms with E-state index in [1.54, 1.807) is 18.5 Å². The zero-order valence-corrected chi connectivity index (χ0v) is 12.6. The van der Waals surface area contributed by atoms with Crippen molar-refractivity contribution in [2.24, 2.45) is 7.05 Å². The largest absolute Gasteiger partial charge is 0.399 e. The van der Waals surface area contributed by atoms with Gasteiger partial charge < -0.3 is 10.3 Å². The number of nitrogen functional groups attached to an aromatic ring is 1. The van der Waals surface area contributed by atoms with Crippen molar-refractivity contribution in [3.63, 3.8) is 0 Å². The Morgan fingerprint density at radius 3 is 2.67 bits per heavy atom. The van der Waals surface area contributed by atoms with E-state index in [1.807, 2.05) is 0 Å². The lowest BCUT2D eigenvalue weighted by atomic mass is 10.2. The van der Waals surface area contributed by atoms with Crippen molar-refractivity contribution in [2.45, 2.75) is 24.8 Å². The minimum absolute atomic E-state index is 0.168. The van der Waals surface area contributed by atoms with Gasteiger partial charge in [-0.3, -0.25) is 0 Å². The Labute approximate surface area is 122 Å². The molecule has 1 atom stereocenters. The van der Waals surface area contributed by atoms with Gasteiger partial charge >= 0.3 is 0 Å². The molecule has 0 amide bonds. The third kappa shape index (κ3) is 3.03. The van der Waals surface area contributed by atoms with Crippen LogP contribution in [0.25, 0.3) is 0 Å². The summed E-state index contributed by atoms with van der Waals surface area (Å²) in [7, 11) is -2.38. The van der Waals surface area contributed by atoms with Crippen LogP contribution in [0.2, 0.25) is 0 Å². The molecule has 0 radical (unpaired) electrons. The maximum absolute atomic E-state index is 14.0. The van der Waals surface area contributed by atoms with Gasteiger partial charge in [0.1, 0.15) is 22.9 Å². The molecule has 2 aromatic rings. The minimum atomic E-state index is -4.06. The topological polar surface area (TPSA) is 103 Å². The van der Waals surface area contributed by atoms with Crippen LogP contribution in [0.1, 0.15) is 24.4 Å². The van der Waals surface area contributed by atoms with E-state index in [0.29, 0.717) is 5.82 Å². The van der Waals surface area contributed by atoms with Gasteiger partial charge in [0.2, 0.25) is 10.0 Å². The molecule has 9 heteroatoms. The van der Waals surface area contributed by atoms with Crippen molar-refractivity contribution in [3.05, 3.63) is 35.7 Å². The van der Waals surface area contributed by atoms with Crippen LogP contribution in [-0.2, 0) is 17.1 Å². The summed E-state index contributed by atoms with van der Waals surface area (Å²) < 4.78 is 42.6. The van der Waals surface area contributed by atoms with E-state index >= 15 is 0 Å². The molecular formula is C12H16FN5O2S. The van der Waals surface area contributed by atoms with Crippen molar-refractivity contribution < 1.29 is 12.8 Å². The number of benzene rings is 1. The molecule has 0 fully saturated rings. The number of nitrogens with one attached hydrogen (secondary N) is 1. The molecule has 0 bridgehead atoms. The minimum Gasteiger partial charge on any atom is -0.399 e. The summed E-state index contributed by atoms with van der Waals surface area (Å²) in [5.74, 6) is -0.401. The third-order valence-electron chi connectivity index (χ3n) is 3.00. The molecule has 0 aliphatic carbocycles. The standard InChI is InChI=1S/C12H16FN5O2S/c1-7-4-9(14)5-10(11(7)13)21(19,20)17-8(2)12-16-15-6-18(12)3/h4-6,8,17H,14H2,1-3H3. The fourth-order valence-corrected chi connectivity index (χ4v) is 3.38. The summed E-state index contributed by atoms with van der Waals surface area (Å²) in [4.78, 5) is -0.478. The van der Waals surface area contributed by atoms with Crippen molar-refractivity contribution in [3.8, 4) is 0 Å². The van der Waals surface area contributed by atoms with Crippen LogP contribution in [0.3, 0.4) is 0 Å². The van der Waals surface area contributed by atoms with E-state index < -0.39 is 26.8 Å². The number of anilines is 1. The number of nitrogens with two attached hydrogens (primary N) is 1. The van der Waals surface area contributed by atoms with Crippen LogP contribution in [-0.4, -0.2) is 23.2 Å². The predicted molar refractivity (Wildman–Crippen MR) is 75.3 cm³/mol. The summed E-state index contributed by atoms with van der Waals surface area (Å²) in [6.07, 6.45) is 1.45. The second-order valence-corrected chi connectivity index (χ2v) is 6.48. The first kappa shape index (κ1) is 15.4. The summed E-state index contributed by atoms with van der Waals surface area (Å²) in [6.45, 7) is 3.05. The highest BCUT2D eigenvalue weighted by Gasteiger charge is 2.25. The van der Waals surface area contributed by atoms with E-state index in [9.17, 15) is 12.8 Å². The molecule has 114 valence electrons. The van der Waals surface area contributed by atoms with Gasteiger partial charge in [0.15, 0.2) is 0 Å². The molecule has 21 heavy (non-hydrogen) atoms. The fourth-order valence-electron chi connectivity index (χ4n) is 1.99. The second-order valence-electron chi connectivity index (χ2n) is 4.79. The van der Waals surface area contributed by atoms with Gasteiger partial charge in [-0.15, -0.1) is 10.2 Å². The highest BCUT2D eigenvalue weighted by atomic mass is 32.2. The van der Waals surface area contributed by atoms with Gasteiger partial charge in [0, 0.05) is 12.7 Å². The Bertz CT molecular complexity index is 772. The maximum atomic E-state index is 14.0. The monoisotopic (exact) mass is 313 g/mol. The number of rotatable bonds is 4. The Kier molecular flexibility index (Phi) is 3.97. The Morgan fingerprint density at radius 1 is 1.43 bits per heavy atom. The zero-order valence-electron chi connectivity index (χ0n) is 11.8. The normalized spacial score (nSPS) is 13.3. The van der Waals surface area contributed by atoms with Crippen molar-refractivity contribution in [1.29, 1.82) is 0 Å². The maximum Gasteiger partial charge on any atom is 0.244 e. The quantitative estimate of drug-likeness (QED) is 0.816. The lowest BCUT2D eigenvalue weighted by Crippen LogP contribution is -2.29. The van der Waals surface area contributed by atoms with Gasteiger partial charge in [-0.25, -0.2) is 17.5 Å². The van der Waals surface area contributed by atoms with Gasteiger partial charge in [0.25, 0.3) is 0 Å². The summed E-state index contributed by atoms with van der Waals surface area (Å²) in [6, 6.07) is 1.80. The van der Waals surface area contributed by atoms with E-state index in [2.05, 4.69) is 14.9 Å². The van der Waals surface area contributed by atoms with Crippen LogP contribution in [0, 0.1) is 12.7 Å². The number of hydrogen-bond donors (Lipinski definition) is 2. The van der Waals surface area contributed by atoms with E-state index in [0.717, 1.165) is 6.07 Å². The highest BCUT2D eigenvalue weighted by Crippen LogP contribution is 2.23. The summed E-state index contributed by atoms with van der Waals surface area (Å²) in [5, 5.41) is 7.49. The highest BCUT2D eigenvalue weighted by molar-refractivity contribution is 7.89. The number of nitrogens with zero attached hydrogens (tertiary/aromatic N) is 3. The molecule has 1 heterocycles. The first-order chi connectivity index (χ1) is 9.72. The fraction of sp³-hybridized carbons (Fsp3) is 0.333. The van der Waals surface area contributed by atoms with Gasteiger partial charge in [-0.05, 0) is 31.5 Å². The number of aryl methyl sites for hydroxylation is 2. The molecule has 1 unspecified atom stereocenters. The predicted octanol–water partition coefficient (Wildman–Crippen LogP) is 0.884. The lowest BCUT2D eigenvalue weighted by Gasteiger charge is -2.15. The Hall–Kier alpha value is -2.00. The average Bonchev–Trinajstić information content (AvgIpc) is 2.79. The molecule has 0 saturated carbocycles. The number of sulfonamides is 1. The number of hydrogen-bond acceptors (Lipinski definition) is 5.